The van der Waals surface area contributed by atoms with E-state index >= 15 is 0 Å². The molecule has 1 aliphatic rings. The van der Waals surface area contributed by atoms with Crippen LogP contribution in [0.1, 0.15) is 12.8 Å². The smallest absolute Gasteiger partial charge is 0.193 e. The minimum absolute atomic E-state index is 0.122. The maximum absolute atomic E-state index is 5.83. The predicted molar refractivity (Wildman–Crippen MR) is 56.5 cm³/mol. The number of rotatable bonds is 2. The third kappa shape index (κ3) is 2.93. The lowest BCUT2D eigenvalue weighted by atomic mass is 10.1. The lowest BCUT2D eigenvalue weighted by Gasteiger charge is -2.23. The Morgan fingerprint density at radius 3 is 2.73 bits per heavy atom. The second-order valence-electron chi connectivity index (χ2n) is 3.25. The number of ether oxygens (including phenoxy) is 2. The maximum Gasteiger partial charge on any atom is 0.193 e. The van der Waals surface area contributed by atoms with Gasteiger partial charge in [0.25, 0.3) is 0 Å². The Morgan fingerprint density at radius 1 is 1.27 bits per heavy atom. The summed E-state index contributed by atoms with van der Waals surface area (Å²) < 4.78 is 10.9. The van der Waals surface area contributed by atoms with Crippen LogP contribution < -0.4 is 4.74 Å². The quantitative estimate of drug-likeness (QED) is 0.806. The molecule has 0 atom stereocenters. The van der Waals surface area contributed by atoms with Crippen LogP contribution in [-0.4, -0.2) is 29.5 Å². The number of hydrogen-bond acceptors (Lipinski definition) is 4. The fourth-order valence-corrected chi connectivity index (χ4v) is 1.67. The van der Waals surface area contributed by atoms with Gasteiger partial charge < -0.3 is 9.47 Å². The molecule has 2 rings (SSSR count). The summed E-state index contributed by atoms with van der Waals surface area (Å²) in [5, 5.41) is 7.80. The molecule has 1 fully saturated rings. The van der Waals surface area contributed by atoms with Gasteiger partial charge in [-0.05, 0) is 0 Å². The van der Waals surface area contributed by atoms with E-state index in [0.29, 0.717) is 19.0 Å². The highest BCUT2D eigenvalue weighted by Crippen LogP contribution is 2.26. The third-order valence-corrected chi connectivity index (χ3v) is 2.60. The van der Waals surface area contributed by atoms with E-state index in [1.807, 2.05) is 0 Å². The van der Waals surface area contributed by atoms with Gasteiger partial charge >= 0.3 is 0 Å². The van der Waals surface area contributed by atoms with Crippen LogP contribution in [0.25, 0.3) is 0 Å². The summed E-state index contributed by atoms with van der Waals surface area (Å²) in [6, 6.07) is 1.58. The van der Waals surface area contributed by atoms with E-state index in [1.54, 1.807) is 6.07 Å². The first-order valence-corrected chi connectivity index (χ1v) is 5.44. The summed E-state index contributed by atoms with van der Waals surface area (Å²) in [4.78, 5) is 0. The summed E-state index contributed by atoms with van der Waals surface area (Å²) >= 11 is 11.5. The lowest BCUT2D eigenvalue weighted by Crippen LogP contribution is -2.26. The van der Waals surface area contributed by atoms with Gasteiger partial charge in [-0.25, -0.2) is 0 Å². The van der Waals surface area contributed by atoms with Crippen LogP contribution >= 0.6 is 23.2 Å². The van der Waals surface area contributed by atoms with Crippen LogP contribution in [0.4, 0.5) is 0 Å². The minimum atomic E-state index is 0.122. The number of hydrogen-bond donors (Lipinski definition) is 0. The molecule has 1 aliphatic heterocycles. The van der Waals surface area contributed by atoms with Crippen LogP contribution in [0, 0.1) is 0 Å². The highest BCUT2D eigenvalue weighted by molar-refractivity contribution is 6.32. The van der Waals surface area contributed by atoms with Crippen LogP contribution in [0.5, 0.6) is 5.75 Å². The highest BCUT2D eigenvalue weighted by atomic mass is 35.5. The molecule has 0 unspecified atom stereocenters. The molecular formula is C9H10Cl2N2O2. The Balaban J connectivity index is 2.05. The molecule has 0 spiro atoms. The average Bonchev–Trinajstić information content (AvgIpc) is 2.25. The van der Waals surface area contributed by atoms with Gasteiger partial charge in [0.2, 0.25) is 0 Å². The molecule has 1 aromatic heterocycles. The normalized spacial score (nSPS) is 17.7. The van der Waals surface area contributed by atoms with Gasteiger partial charge in [-0.2, -0.15) is 0 Å². The zero-order chi connectivity index (χ0) is 10.7. The molecule has 82 valence electrons. The second-order valence-corrected chi connectivity index (χ2v) is 4.00. The van der Waals surface area contributed by atoms with Gasteiger partial charge in [0.05, 0.1) is 13.2 Å². The zero-order valence-corrected chi connectivity index (χ0v) is 9.46. The van der Waals surface area contributed by atoms with Crippen molar-refractivity contribution < 1.29 is 9.47 Å². The molecule has 1 saturated heterocycles. The standard InChI is InChI=1S/C9H10Cl2N2O2/c10-8-5-7(9(11)13-12-8)15-6-1-3-14-4-2-6/h5-6H,1-4H2. The topological polar surface area (TPSA) is 44.2 Å². The molecule has 0 aliphatic carbocycles. The first-order valence-electron chi connectivity index (χ1n) is 4.69. The SMILES string of the molecule is Clc1cc(OC2CCOCC2)c(Cl)nn1. The van der Waals surface area contributed by atoms with E-state index in [1.165, 1.54) is 0 Å². The monoisotopic (exact) mass is 248 g/mol. The van der Waals surface area contributed by atoms with Crippen molar-refractivity contribution in [2.45, 2.75) is 18.9 Å². The molecule has 2 heterocycles. The molecule has 0 N–H and O–H groups in total. The molecular weight excluding hydrogens is 239 g/mol. The van der Waals surface area contributed by atoms with Gasteiger partial charge in [-0.3, -0.25) is 0 Å². The first kappa shape index (κ1) is 10.9. The van der Waals surface area contributed by atoms with E-state index < -0.39 is 0 Å². The van der Waals surface area contributed by atoms with Crippen molar-refractivity contribution >= 4 is 23.2 Å². The van der Waals surface area contributed by atoms with Crippen molar-refractivity contribution in [1.82, 2.24) is 10.2 Å². The van der Waals surface area contributed by atoms with Crippen molar-refractivity contribution in [2.24, 2.45) is 0 Å². The second kappa shape index (κ2) is 4.96. The molecule has 0 saturated carbocycles. The molecule has 0 radical (unpaired) electrons. The van der Waals surface area contributed by atoms with E-state index in [2.05, 4.69) is 10.2 Å². The van der Waals surface area contributed by atoms with Gasteiger partial charge in [0, 0.05) is 18.9 Å². The summed E-state index contributed by atoms with van der Waals surface area (Å²) in [5.41, 5.74) is 0. The van der Waals surface area contributed by atoms with Crippen molar-refractivity contribution in [3.05, 3.63) is 16.4 Å². The fourth-order valence-electron chi connectivity index (χ4n) is 1.39. The zero-order valence-electron chi connectivity index (χ0n) is 7.95. The van der Waals surface area contributed by atoms with Crippen molar-refractivity contribution in [2.75, 3.05) is 13.2 Å². The van der Waals surface area contributed by atoms with Crippen molar-refractivity contribution in [3.8, 4) is 5.75 Å². The number of aromatic nitrogens is 2. The molecule has 4 nitrogen and oxygen atoms in total. The Labute approximate surface area is 97.5 Å². The van der Waals surface area contributed by atoms with E-state index in [-0.39, 0.29) is 16.4 Å². The Hall–Kier alpha value is -0.580. The lowest BCUT2D eigenvalue weighted by molar-refractivity contribution is 0.0254. The number of halogens is 2. The molecule has 6 heteroatoms. The van der Waals surface area contributed by atoms with E-state index in [0.717, 1.165) is 12.8 Å². The van der Waals surface area contributed by atoms with Gasteiger partial charge in [0.15, 0.2) is 16.1 Å². The van der Waals surface area contributed by atoms with Gasteiger partial charge in [0.1, 0.15) is 6.10 Å². The van der Waals surface area contributed by atoms with Crippen LogP contribution in [-0.2, 0) is 4.74 Å². The van der Waals surface area contributed by atoms with Crippen molar-refractivity contribution in [3.63, 3.8) is 0 Å². The average molecular weight is 249 g/mol. The van der Waals surface area contributed by atoms with Gasteiger partial charge in [-0.15, -0.1) is 10.2 Å². The highest BCUT2D eigenvalue weighted by Gasteiger charge is 2.17. The summed E-state index contributed by atoms with van der Waals surface area (Å²) in [5.74, 6) is 0.489. The Bertz CT molecular complexity index is 343. The van der Waals surface area contributed by atoms with E-state index in [4.69, 9.17) is 32.7 Å². The molecule has 0 aromatic carbocycles. The molecule has 0 amide bonds. The summed E-state index contributed by atoms with van der Waals surface area (Å²) in [6.07, 6.45) is 1.84. The van der Waals surface area contributed by atoms with Gasteiger partial charge in [-0.1, -0.05) is 23.2 Å². The molecule has 15 heavy (non-hydrogen) atoms. The summed E-state index contributed by atoms with van der Waals surface area (Å²) in [7, 11) is 0. The van der Waals surface area contributed by atoms with Crippen LogP contribution in [0.2, 0.25) is 10.3 Å². The Morgan fingerprint density at radius 2 is 2.00 bits per heavy atom. The maximum atomic E-state index is 5.83. The first-order chi connectivity index (χ1) is 7.25. The van der Waals surface area contributed by atoms with E-state index in [9.17, 15) is 0 Å². The van der Waals surface area contributed by atoms with Crippen LogP contribution in [0.15, 0.2) is 6.07 Å². The third-order valence-electron chi connectivity index (χ3n) is 2.15. The minimum Gasteiger partial charge on any atom is -0.487 e. The summed E-state index contributed by atoms with van der Waals surface area (Å²) in [6.45, 7) is 1.43. The predicted octanol–water partition coefficient (Wildman–Crippen LogP) is 2.34. The van der Waals surface area contributed by atoms with Crippen LogP contribution in [0.3, 0.4) is 0 Å². The number of nitrogens with zero attached hydrogens (tertiary/aromatic N) is 2. The molecule has 1 aromatic rings. The molecule has 0 bridgehead atoms. The Kier molecular flexibility index (Phi) is 3.61. The van der Waals surface area contributed by atoms with Crippen molar-refractivity contribution in [1.29, 1.82) is 0 Å². The largest absolute Gasteiger partial charge is 0.487 e. The fraction of sp³-hybridized carbons (Fsp3) is 0.556.